The second-order valence-electron chi connectivity index (χ2n) is 5.87. The molecule has 1 nitrogen and oxygen atoms in total. The number of rotatable bonds is 3. The smallest absolute Gasteiger partial charge is 0.0494 e. The first-order chi connectivity index (χ1) is 11.9. The molecule has 0 N–H and O–H groups in total. The Morgan fingerprint density at radius 3 is 1.88 bits per heavy atom. The highest BCUT2D eigenvalue weighted by Crippen LogP contribution is 2.45. The highest BCUT2D eigenvalue weighted by Gasteiger charge is 2.25. The molecule has 0 fully saturated rings. The van der Waals surface area contributed by atoms with Crippen LogP contribution in [0.15, 0.2) is 84.3 Å². The van der Waals surface area contributed by atoms with Gasteiger partial charge in [0, 0.05) is 29.0 Å². The van der Waals surface area contributed by atoms with Gasteiger partial charge < -0.3 is 4.90 Å². The molecule has 1 heterocycles. The SMILES string of the molecule is CSC=C1c2ccccc2N(Cc2ccccc2)c2ccccc21. The normalized spacial score (nSPS) is 12.5. The van der Waals surface area contributed by atoms with E-state index in [0.717, 1.165) is 6.54 Å². The summed E-state index contributed by atoms with van der Waals surface area (Å²) in [5.74, 6) is 0. The molecule has 1 aliphatic heterocycles. The van der Waals surface area contributed by atoms with Crippen molar-refractivity contribution in [3.05, 3.63) is 101 Å². The third-order valence-electron chi connectivity index (χ3n) is 4.39. The van der Waals surface area contributed by atoms with E-state index in [2.05, 4.69) is 95.4 Å². The highest BCUT2D eigenvalue weighted by molar-refractivity contribution is 8.01. The Morgan fingerprint density at radius 1 is 0.750 bits per heavy atom. The average Bonchev–Trinajstić information content (AvgIpc) is 2.65. The van der Waals surface area contributed by atoms with Crippen molar-refractivity contribution in [1.82, 2.24) is 0 Å². The molecule has 0 aliphatic carbocycles. The molecule has 0 unspecified atom stereocenters. The maximum atomic E-state index is 2.43. The summed E-state index contributed by atoms with van der Waals surface area (Å²) in [4.78, 5) is 2.43. The molecule has 2 heteroatoms. The molecule has 0 saturated heterocycles. The van der Waals surface area contributed by atoms with Crippen molar-refractivity contribution in [2.45, 2.75) is 6.54 Å². The number of hydrogen-bond donors (Lipinski definition) is 0. The van der Waals surface area contributed by atoms with Crippen molar-refractivity contribution >= 4 is 28.7 Å². The first-order valence-electron chi connectivity index (χ1n) is 8.12. The molecule has 4 rings (SSSR count). The summed E-state index contributed by atoms with van der Waals surface area (Å²) in [6.07, 6.45) is 2.12. The van der Waals surface area contributed by atoms with Crippen LogP contribution in [0.1, 0.15) is 16.7 Å². The minimum Gasteiger partial charge on any atom is -0.336 e. The van der Waals surface area contributed by atoms with Gasteiger partial charge in [-0.1, -0.05) is 66.7 Å². The van der Waals surface area contributed by atoms with Crippen LogP contribution < -0.4 is 4.90 Å². The van der Waals surface area contributed by atoms with E-state index in [0.29, 0.717) is 0 Å². The van der Waals surface area contributed by atoms with Crippen LogP contribution in [-0.4, -0.2) is 6.26 Å². The van der Waals surface area contributed by atoms with Crippen molar-refractivity contribution in [3.8, 4) is 0 Å². The summed E-state index contributed by atoms with van der Waals surface area (Å²) in [6.45, 7) is 0.876. The van der Waals surface area contributed by atoms with E-state index in [1.807, 2.05) is 0 Å². The molecular formula is C22H19NS. The molecule has 24 heavy (non-hydrogen) atoms. The standard InChI is InChI=1S/C22H19NS/c1-24-16-20-18-11-5-7-13-21(18)23(15-17-9-3-2-4-10-17)22-14-8-6-12-19(20)22/h2-14,16H,15H2,1H3. The quantitative estimate of drug-likeness (QED) is 0.572. The van der Waals surface area contributed by atoms with Gasteiger partial charge in [0.25, 0.3) is 0 Å². The average molecular weight is 329 g/mol. The maximum absolute atomic E-state index is 2.43. The zero-order valence-corrected chi connectivity index (χ0v) is 14.5. The monoisotopic (exact) mass is 329 g/mol. The number of para-hydroxylation sites is 2. The first-order valence-corrected chi connectivity index (χ1v) is 9.40. The molecule has 0 bridgehead atoms. The summed E-state index contributed by atoms with van der Waals surface area (Å²) in [6, 6.07) is 28.1. The van der Waals surface area contributed by atoms with Crippen LogP contribution in [0, 0.1) is 0 Å². The minimum atomic E-state index is 0.876. The van der Waals surface area contributed by atoms with Crippen LogP contribution in [0.3, 0.4) is 0 Å². The Balaban J connectivity index is 1.89. The molecule has 3 aromatic rings. The molecule has 0 aromatic heterocycles. The van der Waals surface area contributed by atoms with Gasteiger partial charge in [0.05, 0.1) is 0 Å². The number of nitrogens with zero attached hydrogens (tertiary/aromatic N) is 1. The summed E-state index contributed by atoms with van der Waals surface area (Å²) in [7, 11) is 0. The van der Waals surface area contributed by atoms with Gasteiger partial charge in [0.15, 0.2) is 0 Å². The molecule has 0 amide bonds. The van der Waals surface area contributed by atoms with Crippen molar-refractivity contribution < 1.29 is 0 Å². The van der Waals surface area contributed by atoms with Gasteiger partial charge in [-0.15, -0.1) is 11.8 Å². The zero-order valence-electron chi connectivity index (χ0n) is 13.6. The van der Waals surface area contributed by atoms with Crippen molar-refractivity contribution in [2.24, 2.45) is 0 Å². The lowest BCUT2D eigenvalue weighted by atomic mass is 9.91. The maximum Gasteiger partial charge on any atom is 0.0494 e. The number of benzene rings is 3. The molecule has 0 radical (unpaired) electrons. The third kappa shape index (κ3) is 2.63. The van der Waals surface area contributed by atoms with Crippen LogP contribution in [-0.2, 0) is 6.54 Å². The molecule has 1 aliphatic rings. The van der Waals surface area contributed by atoms with Gasteiger partial charge in [-0.3, -0.25) is 0 Å². The summed E-state index contributed by atoms with van der Waals surface area (Å²) >= 11 is 1.76. The Morgan fingerprint density at radius 2 is 1.29 bits per heavy atom. The largest absolute Gasteiger partial charge is 0.336 e. The van der Waals surface area contributed by atoms with E-state index < -0.39 is 0 Å². The molecule has 0 saturated carbocycles. The van der Waals surface area contributed by atoms with Crippen LogP contribution in [0.2, 0.25) is 0 Å². The van der Waals surface area contributed by atoms with Crippen LogP contribution in [0.25, 0.3) is 5.57 Å². The van der Waals surface area contributed by atoms with Gasteiger partial charge >= 0.3 is 0 Å². The van der Waals surface area contributed by atoms with E-state index in [4.69, 9.17) is 0 Å². The van der Waals surface area contributed by atoms with E-state index in [1.54, 1.807) is 11.8 Å². The highest BCUT2D eigenvalue weighted by atomic mass is 32.2. The Labute approximate surface area is 147 Å². The number of thioether (sulfide) groups is 1. The van der Waals surface area contributed by atoms with Crippen molar-refractivity contribution in [2.75, 3.05) is 11.2 Å². The third-order valence-corrected chi connectivity index (χ3v) is 4.86. The summed E-state index contributed by atoms with van der Waals surface area (Å²) < 4.78 is 0. The Bertz CT molecular complexity index is 834. The molecule has 118 valence electrons. The van der Waals surface area contributed by atoms with Crippen LogP contribution in [0.4, 0.5) is 11.4 Å². The van der Waals surface area contributed by atoms with Gasteiger partial charge in [-0.05, 0) is 34.9 Å². The first kappa shape index (κ1) is 15.1. The van der Waals surface area contributed by atoms with Crippen LogP contribution >= 0.6 is 11.8 Å². The van der Waals surface area contributed by atoms with E-state index >= 15 is 0 Å². The van der Waals surface area contributed by atoms with Gasteiger partial charge in [0.2, 0.25) is 0 Å². The summed E-state index contributed by atoms with van der Waals surface area (Å²) in [5, 5.41) is 2.26. The van der Waals surface area contributed by atoms with Gasteiger partial charge in [-0.2, -0.15) is 0 Å². The van der Waals surface area contributed by atoms with Crippen molar-refractivity contribution in [1.29, 1.82) is 0 Å². The molecule has 0 spiro atoms. The second-order valence-corrected chi connectivity index (χ2v) is 6.58. The predicted octanol–water partition coefficient (Wildman–Crippen LogP) is 6.09. The molecule has 0 atom stereocenters. The fourth-order valence-electron chi connectivity index (χ4n) is 3.33. The predicted molar refractivity (Wildman–Crippen MR) is 106 cm³/mol. The van der Waals surface area contributed by atoms with Crippen molar-refractivity contribution in [3.63, 3.8) is 0 Å². The van der Waals surface area contributed by atoms with E-state index in [9.17, 15) is 0 Å². The topological polar surface area (TPSA) is 3.24 Å². The Hall–Kier alpha value is -2.45. The lowest BCUT2D eigenvalue weighted by molar-refractivity contribution is 0.963. The van der Waals surface area contributed by atoms with E-state index in [-0.39, 0.29) is 0 Å². The zero-order chi connectivity index (χ0) is 16.4. The lowest BCUT2D eigenvalue weighted by Crippen LogP contribution is -2.22. The lowest BCUT2D eigenvalue weighted by Gasteiger charge is -2.34. The summed E-state index contributed by atoms with van der Waals surface area (Å²) in [5.41, 5.74) is 7.81. The number of fused-ring (bicyclic) bond motifs is 2. The minimum absolute atomic E-state index is 0.876. The van der Waals surface area contributed by atoms with Crippen LogP contribution in [0.5, 0.6) is 0 Å². The van der Waals surface area contributed by atoms with E-state index in [1.165, 1.54) is 33.6 Å². The number of anilines is 2. The second kappa shape index (κ2) is 6.58. The number of hydrogen-bond acceptors (Lipinski definition) is 2. The fraction of sp³-hybridized carbons (Fsp3) is 0.0909. The Kier molecular flexibility index (Phi) is 4.14. The molecule has 3 aromatic carbocycles. The molecular weight excluding hydrogens is 310 g/mol. The van der Waals surface area contributed by atoms with Gasteiger partial charge in [0.1, 0.15) is 0 Å². The fourth-order valence-corrected chi connectivity index (χ4v) is 3.82. The van der Waals surface area contributed by atoms with Gasteiger partial charge in [-0.25, -0.2) is 0 Å².